The van der Waals surface area contributed by atoms with Crippen molar-refractivity contribution in [2.45, 2.75) is 26.9 Å². The fourth-order valence-electron chi connectivity index (χ4n) is 1.26. The summed E-state index contributed by atoms with van der Waals surface area (Å²) in [5, 5.41) is 4.24. The number of fused-ring (bicyclic) bond motifs is 1. The molecule has 0 fully saturated rings. The van der Waals surface area contributed by atoms with E-state index in [0.29, 0.717) is 6.61 Å². The average molecular weight is 168 g/mol. The number of rotatable bonds is 0. The van der Waals surface area contributed by atoms with Crippen molar-refractivity contribution in [1.29, 1.82) is 0 Å². The molecule has 0 amide bonds. The first-order valence-corrected chi connectivity index (χ1v) is 4.45. The number of aryl methyl sites for hydroxylation is 1. The van der Waals surface area contributed by atoms with Gasteiger partial charge in [-0.05, 0) is 12.0 Å². The zero-order valence-corrected chi connectivity index (χ0v) is 8.00. The highest BCUT2D eigenvalue weighted by molar-refractivity contribution is 5.17. The summed E-state index contributed by atoms with van der Waals surface area (Å²) in [6.45, 7) is 5.54. The van der Waals surface area contributed by atoms with E-state index in [9.17, 15) is 0 Å². The van der Waals surface area contributed by atoms with E-state index in [1.54, 1.807) is 0 Å². The summed E-state index contributed by atoms with van der Waals surface area (Å²) in [7, 11) is 1.94. The Kier molecular flexibility index (Phi) is 3.29. The van der Waals surface area contributed by atoms with Gasteiger partial charge in [0.2, 0.25) is 0 Å². The fraction of sp³-hybridized carbons (Fsp3) is 0.667. The first kappa shape index (κ1) is 9.26. The third kappa shape index (κ3) is 1.85. The van der Waals surface area contributed by atoms with Gasteiger partial charge in [-0.3, -0.25) is 4.68 Å². The van der Waals surface area contributed by atoms with Gasteiger partial charge in [0, 0.05) is 13.2 Å². The third-order valence-electron chi connectivity index (χ3n) is 1.75. The molecule has 0 aromatic carbocycles. The predicted molar refractivity (Wildman–Crippen MR) is 47.9 cm³/mol. The molecule has 1 aliphatic rings. The summed E-state index contributed by atoms with van der Waals surface area (Å²) in [6, 6.07) is 0. The van der Waals surface area contributed by atoms with Crippen LogP contribution in [0.2, 0.25) is 0 Å². The lowest BCUT2D eigenvalue weighted by molar-refractivity contribution is 0.108. The molecule has 2 heterocycles. The second-order valence-corrected chi connectivity index (χ2v) is 2.58. The maximum atomic E-state index is 5.23. The number of hydrogen-bond donors (Lipinski definition) is 0. The molecule has 0 atom stereocenters. The van der Waals surface area contributed by atoms with Crippen LogP contribution in [-0.4, -0.2) is 16.4 Å². The zero-order valence-electron chi connectivity index (χ0n) is 8.00. The van der Waals surface area contributed by atoms with Crippen LogP contribution in [-0.2, 0) is 24.8 Å². The number of aromatic nitrogens is 2. The quantitative estimate of drug-likeness (QED) is 0.587. The van der Waals surface area contributed by atoms with Crippen LogP contribution in [0.3, 0.4) is 0 Å². The topological polar surface area (TPSA) is 27.1 Å². The lowest BCUT2D eigenvalue weighted by atomic mass is 10.2. The van der Waals surface area contributed by atoms with E-state index in [1.807, 2.05) is 25.6 Å². The largest absolute Gasteiger partial charge is 0.375 e. The van der Waals surface area contributed by atoms with Crippen molar-refractivity contribution >= 4 is 0 Å². The molecule has 2 rings (SSSR count). The van der Waals surface area contributed by atoms with Gasteiger partial charge < -0.3 is 4.74 Å². The van der Waals surface area contributed by atoms with E-state index >= 15 is 0 Å². The Hall–Kier alpha value is -0.830. The second-order valence-electron chi connectivity index (χ2n) is 2.58. The molecule has 0 bridgehead atoms. The van der Waals surface area contributed by atoms with Crippen molar-refractivity contribution in [3.63, 3.8) is 0 Å². The smallest absolute Gasteiger partial charge is 0.0914 e. The molecule has 0 N–H and O–H groups in total. The highest BCUT2D eigenvalue weighted by Crippen LogP contribution is 2.13. The van der Waals surface area contributed by atoms with E-state index in [2.05, 4.69) is 11.3 Å². The molecule has 1 aliphatic heterocycles. The van der Waals surface area contributed by atoms with Crippen LogP contribution >= 0.6 is 0 Å². The van der Waals surface area contributed by atoms with E-state index in [0.717, 1.165) is 18.7 Å². The first-order valence-electron chi connectivity index (χ1n) is 4.45. The molecule has 0 saturated heterocycles. The molecular weight excluding hydrogens is 152 g/mol. The Balaban J connectivity index is 0.000000336. The van der Waals surface area contributed by atoms with E-state index in [-0.39, 0.29) is 0 Å². The van der Waals surface area contributed by atoms with Crippen LogP contribution in [0.4, 0.5) is 0 Å². The third-order valence-corrected chi connectivity index (χ3v) is 1.75. The number of nitrogens with zero attached hydrogens (tertiary/aromatic N) is 2. The molecule has 0 radical (unpaired) electrons. The normalized spacial score (nSPS) is 14.6. The van der Waals surface area contributed by atoms with Crippen molar-refractivity contribution in [3.05, 3.63) is 17.5 Å². The Bertz CT molecular complexity index is 219. The van der Waals surface area contributed by atoms with Crippen molar-refractivity contribution in [2.75, 3.05) is 6.61 Å². The lowest BCUT2D eigenvalue weighted by Gasteiger charge is -2.08. The van der Waals surface area contributed by atoms with Gasteiger partial charge in [0.25, 0.3) is 0 Å². The van der Waals surface area contributed by atoms with Gasteiger partial charge in [-0.1, -0.05) is 13.8 Å². The monoisotopic (exact) mass is 168 g/mol. The molecule has 0 spiro atoms. The van der Waals surface area contributed by atoms with E-state index < -0.39 is 0 Å². The van der Waals surface area contributed by atoms with Gasteiger partial charge in [0.1, 0.15) is 0 Å². The molecule has 3 nitrogen and oxygen atoms in total. The van der Waals surface area contributed by atoms with Gasteiger partial charge in [0.05, 0.1) is 18.9 Å². The molecule has 68 valence electrons. The van der Waals surface area contributed by atoms with Gasteiger partial charge >= 0.3 is 0 Å². The lowest BCUT2D eigenvalue weighted by Crippen LogP contribution is -2.07. The van der Waals surface area contributed by atoms with Gasteiger partial charge in [0.15, 0.2) is 0 Å². The summed E-state index contributed by atoms with van der Waals surface area (Å²) in [5.41, 5.74) is 2.45. The van der Waals surface area contributed by atoms with Crippen molar-refractivity contribution in [1.82, 2.24) is 9.78 Å². The molecule has 3 heteroatoms. The minimum atomic E-state index is 0.691. The summed E-state index contributed by atoms with van der Waals surface area (Å²) in [6.07, 6.45) is 3.08. The van der Waals surface area contributed by atoms with Crippen molar-refractivity contribution in [3.8, 4) is 0 Å². The van der Waals surface area contributed by atoms with Crippen LogP contribution in [0.5, 0.6) is 0 Å². The number of hydrogen-bond acceptors (Lipinski definition) is 2. The molecule has 0 unspecified atom stereocenters. The minimum Gasteiger partial charge on any atom is -0.375 e. The molecule has 0 saturated carbocycles. The Morgan fingerprint density at radius 2 is 2.25 bits per heavy atom. The molecule has 0 aliphatic carbocycles. The summed E-state index contributed by atoms with van der Waals surface area (Å²) in [4.78, 5) is 0. The molecule has 1 aromatic rings. The van der Waals surface area contributed by atoms with Crippen molar-refractivity contribution in [2.24, 2.45) is 7.05 Å². The second kappa shape index (κ2) is 4.26. The van der Waals surface area contributed by atoms with Crippen LogP contribution < -0.4 is 0 Å². The summed E-state index contributed by atoms with van der Waals surface area (Å²) >= 11 is 0. The maximum Gasteiger partial charge on any atom is 0.0914 e. The van der Waals surface area contributed by atoms with Crippen molar-refractivity contribution < 1.29 is 4.74 Å². The minimum absolute atomic E-state index is 0.691. The highest BCUT2D eigenvalue weighted by Gasteiger charge is 2.11. The van der Waals surface area contributed by atoms with E-state index in [4.69, 9.17) is 4.74 Å². The highest BCUT2D eigenvalue weighted by atomic mass is 16.5. The van der Waals surface area contributed by atoms with Crippen LogP contribution in [0.25, 0.3) is 0 Å². The van der Waals surface area contributed by atoms with Crippen LogP contribution in [0.15, 0.2) is 6.20 Å². The fourth-order valence-corrected chi connectivity index (χ4v) is 1.26. The summed E-state index contributed by atoms with van der Waals surface area (Å²) in [5.74, 6) is 0. The number of ether oxygens (including phenoxy) is 1. The SMILES string of the molecule is CC.Cn1cc2c(n1)COCC2. The Morgan fingerprint density at radius 3 is 2.92 bits per heavy atom. The van der Waals surface area contributed by atoms with E-state index in [1.165, 1.54) is 5.56 Å². The van der Waals surface area contributed by atoms with Gasteiger partial charge in [-0.25, -0.2) is 0 Å². The molecule has 12 heavy (non-hydrogen) atoms. The van der Waals surface area contributed by atoms with Crippen LogP contribution in [0.1, 0.15) is 25.1 Å². The predicted octanol–water partition coefficient (Wildman–Crippen LogP) is 1.52. The zero-order chi connectivity index (χ0) is 8.97. The van der Waals surface area contributed by atoms with Gasteiger partial charge in [-0.2, -0.15) is 5.10 Å². The Labute approximate surface area is 73.3 Å². The standard InChI is InChI=1S/C7H10N2O.C2H6/c1-9-4-6-2-3-10-5-7(6)8-9;1-2/h4H,2-3,5H2,1H3;1-2H3. The van der Waals surface area contributed by atoms with Crippen LogP contribution in [0, 0.1) is 0 Å². The first-order chi connectivity index (χ1) is 5.86. The maximum absolute atomic E-state index is 5.23. The molecule has 1 aromatic heterocycles. The average Bonchev–Trinajstić information content (AvgIpc) is 2.48. The summed E-state index contributed by atoms with van der Waals surface area (Å²) < 4.78 is 7.08. The molecular formula is C9H16N2O. The van der Waals surface area contributed by atoms with Gasteiger partial charge in [-0.15, -0.1) is 0 Å². The Morgan fingerprint density at radius 1 is 1.50 bits per heavy atom.